The van der Waals surface area contributed by atoms with E-state index in [0.717, 1.165) is 6.07 Å². The Morgan fingerprint density at radius 2 is 2.12 bits per heavy atom. The van der Waals surface area contributed by atoms with Crippen LogP contribution in [-0.2, 0) is 6.42 Å². The Balaban J connectivity index is 3.02. The van der Waals surface area contributed by atoms with E-state index in [4.69, 9.17) is 16.9 Å². The molecule has 86 valence electrons. The van der Waals surface area contributed by atoms with Crippen LogP contribution in [0.3, 0.4) is 0 Å². The van der Waals surface area contributed by atoms with Gasteiger partial charge in [0.1, 0.15) is 11.9 Å². The van der Waals surface area contributed by atoms with Gasteiger partial charge in [0.25, 0.3) is 0 Å². The van der Waals surface area contributed by atoms with E-state index in [2.05, 4.69) is 0 Å². The van der Waals surface area contributed by atoms with Crippen LogP contribution in [0.2, 0.25) is 0 Å². The van der Waals surface area contributed by atoms with Crippen LogP contribution in [0.4, 0.5) is 4.39 Å². The first-order valence-corrected chi connectivity index (χ1v) is 5.21. The minimum atomic E-state index is -1.38. The standard InChI is InChI=1S/C11H11ClFNO2/c12-6-10(15)11(16)8-5-7(3-4-14)1-2-9(8)13/h1-2,5,10-11,15-16H,3,6H2. The van der Waals surface area contributed by atoms with Gasteiger partial charge in [-0.2, -0.15) is 5.26 Å². The minimum absolute atomic E-state index is 0.0408. The molecule has 0 spiro atoms. The minimum Gasteiger partial charge on any atom is -0.389 e. The van der Waals surface area contributed by atoms with Gasteiger partial charge in [0.15, 0.2) is 0 Å². The van der Waals surface area contributed by atoms with E-state index in [1.807, 2.05) is 6.07 Å². The molecule has 1 aromatic rings. The molecular formula is C11H11ClFNO2. The Bertz CT molecular complexity index is 405. The molecule has 0 fully saturated rings. The number of benzene rings is 1. The van der Waals surface area contributed by atoms with Gasteiger partial charge < -0.3 is 10.2 Å². The molecule has 0 saturated carbocycles. The second-order valence-corrected chi connectivity index (χ2v) is 3.67. The summed E-state index contributed by atoms with van der Waals surface area (Å²) in [6.45, 7) is 0. The molecule has 3 nitrogen and oxygen atoms in total. The van der Waals surface area contributed by atoms with E-state index >= 15 is 0 Å². The average molecular weight is 244 g/mol. The van der Waals surface area contributed by atoms with Gasteiger partial charge in [-0.15, -0.1) is 11.6 Å². The summed E-state index contributed by atoms with van der Waals surface area (Å²) in [4.78, 5) is 0. The SMILES string of the molecule is N#CCc1ccc(F)c(C(O)C(O)CCl)c1. The fraction of sp³-hybridized carbons (Fsp3) is 0.364. The monoisotopic (exact) mass is 243 g/mol. The van der Waals surface area contributed by atoms with Crippen LogP contribution in [0.25, 0.3) is 0 Å². The Labute approximate surface area is 97.7 Å². The van der Waals surface area contributed by atoms with Crippen LogP contribution in [0, 0.1) is 17.1 Å². The van der Waals surface area contributed by atoms with Crippen LogP contribution in [0.5, 0.6) is 0 Å². The molecule has 0 aromatic heterocycles. The normalized spacial score (nSPS) is 14.2. The summed E-state index contributed by atoms with van der Waals surface area (Å²) in [7, 11) is 0. The quantitative estimate of drug-likeness (QED) is 0.789. The molecule has 2 unspecified atom stereocenters. The smallest absolute Gasteiger partial charge is 0.129 e. The number of hydrogen-bond donors (Lipinski definition) is 2. The highest BCUT2D eigenvalue weighted by Crippen LogP contribution is 2.22. The Kier molecular flexibility index (Phi) is 4.69. The zero-order chi connectivity index (χ0) is 12.1. The molecule has 0 aliphatic rings. The maximum atomic E-state index is 13.4. The lowest BCUT2D eigenvalue weighted by Gasteiger charge is -2.16. The van der Waals surface area contributed by atoms with E-state index in [0.29, 0.717) is 5.56 Å². The van der Waals surface area contributed by atoms with E-state index in [9.17, 15) is 14.6 Å². The fourth-order valence-electron chi connectivity index (χ4n) is 1.31. The maximum Gasteiger partial charge on any atom is 0.129 e. The topological polar surface area (TPSA) is 64.2 Å². The van der Waals surface area contributed by atoms with Crippen LogP contribution in [-0.4, -0.2) is 22.2 Å². The summed E-state index contributed by atoms with van der Waals surface area (Å²) in [6, 6.07) is 5.90. The van der Waals surface area contributed by atoms with Crippen molar-refractivity contribution < 1.29 is 14.6 Å². The highest BCUT2D eigenvalue weighted by molar-refractivity contribution is 6.18. The van der Waals surface area contributed by atoms with Crippen LogP contribution in [0.1, 0.15) is 17.2 Å². The predicted molar refractivity (Wildman–Crippen MR) is 57.4 cm³/mol. The van der Waals surface area contributed by atoms with Gasteiger partial charge in [0.2, 0.25) is 0 Å². The van der Waals surface area contributed by atoms with E-state index in [1.165, 1.54) is 12.1 Å². The third-order valence-corrected chi connectivity index (χ3v) is 2.50. The molecule has 16 heavy (non-hydrogen) atoms. The molecule has 0 aliphatic carbocycles. The maximum absolute atomic E-state index is 13.4. The lowest BCUT2D eigenvalue weighted by atomic mass is 10.0. The van der Waals surface area contributed by atoms with Crippen molar-refractivity contribution in [2.24, 2.45) is 0 Å². The van der Waals surface area contributed by atoms with Crippen molar-refractivity contribution in [1.29, 1.82) is 5.26 Å². The number of hydrogen-bond acceptors (Lipinski definition) is 3. The average Bonchev–Trinajstić information content (AvgIpc) is 2.30. The highest BCUT2D eigenvalue weighted by atomic mass is 35.5. The Hall–Kier alpha value is -1.15. The number of aliphatic hydroxyl groups is 2. The number of nitriles is 1. The summed E-state index contributed by atoms with van der Waals surface area (Å²) in [5.41, 5.74) is 0.542. The molecule has 0 saturated heterocycles. The van der Waals surface area contributed by atoms with Gasteiger partial charge in [-0.3, -0.25) is 0 Å². The zero-order valence-corrected chi connectivity index (χ0v) is 9.15. The predicted octanol–water partition coefficient (Wildman–Crippen LogP) is 1.52. The third kappa shape index (κ3) is 2.92. The van der Waals surface area contributed by atoms with Crippen molar-refractivity contribution >= 4 is 11.6 Å². The molecular weight excluding hydrogens is 233 g/mol. The highest BCUT2D eigenvalue weighted by Gasteiger charge is 2.20. The largest absolute Gasteiger partial charge is 0.389 e. The summed E-state index contributed by atoms with van der Waals surface area (Å²) in [5, 5.41) is 27.4. The summed E-state index contributed by atoms with van der Waals surface area (Å²) in [6.07, 6.45) is -2.48. The lowest BCUT2D eigenvalue weighted by molar-refractivity contribution is 0.0304. The van der Waals surface area contributed by atoms with Gasteiger partial charge >= 0.3 is 0 Å². The fourth-order valence-corrected chi connectivity index (χ4v) is 1.48. The van der Waals surface area contributed by atoms with Gasteiger partial charge in [-0.1, -0.05) is 6.07 Å². The first-order valence-electron chi connectivity index (χ1n) is 4.67. The van der Waals surface area contributed by atoms with Crippen molar-refractivity contribution in [2.45, 2.75) is 18.6 Å². The van der Waals surface area contributed by atoms with E-state index in [-0.39, 0.29) is 17.9 Å². The number of halogens is 2. The van der Waals surface area contributed by atoms with Gasteiger partial charge in [-0.25, -0.2) is 4.39 Å². The third-order valence-electron chi connectivity index (χ3n) is 2.18. The molecule has 0 amide bonds. The summed E-state index contributed by atoms with van der Waals surface area (Å²) < 4.78 is 13.4. The number of aliphatic hydroxyl groups excluding tert-OH is 2. The summed E-state index contributed by atoms with van der Waals surface area (Å²) in [5.74, 6) is -0.818. The van der Waals surface area contributed by atoms with Crippen molar-refractivity contribution in [1.82, 2.24) is 0 Å². The molecule has 0 bridgehead atoms. The van der Waals surface area contributed by atoms with E-state index < -0.39 is 18.0 Å². The Morgan fingerprint density at radius 3 is 2.69 bits per heavy atom. The van der Waals surface area contributed by atoms with Gasteiger partial charge in [0.05, 0.1) is 24.5 Å². The molecule has 1 rings (SSSR count). The van der Waals surface area contributed by atoms with Crippen molar-refractivity contribution in [3.63, 3.8) is 0 Å². The number of rotatable bonds is 4. The number of nitrogens with zero attached hydrogens (tertiary/aromatic N) is 1. The van der Waals surface area contributed by atoms with E-state index in [1.54, 1.807) is 0 Å². The lowest BCUT2D eigenvalue weighted by Crippen LogP contribution is -2.20. The molecule has 1 aromatic carbocycles. The second-order valence-electron chi connectivity index (χ2n) is 3.36. The molecule has 0 radical (unpaired) electrons. The molecule has 2 N–H and O–H groups in total. The molecule has 5 heteroatoms. The first kappa shape index (κ1) is 12.9. The number of alkyl halides is 1. The van der Waals surface area contributed by atoms with Crippen LogP contribution in [0.15, 0.2) is 18.2 Å². The molecule has 2 atom stereocenters. The molecule has 0 aliphatic heterocycles. The van der Waals surface area contributed by atoms with Crippen LogP contribution >= 0.6 is 11.6 Å². The molecule has 0 heterocycles. The van der Waals surface area contributed by atoms with Crippen molar-refractivity contribution in [3.8, 4) is 6.07 Å². The second kappa shape index (κ2) is 5.80. The van der Waals surface area contributed by atoms with Crippen molar-refractivity contribution in [2.75, 3.05) is 5.88 Å². The van der Waals surface area contributed by atoms with Crippen LogP contribution < -0.4 is 0 Å². The Morgan fingerprint density at radius 1 is 1.44 bits per heavy atom. The zero-order valence-electron chi connectivity index (χ0n) is 8.40. The first-order chi connectivity index (χ1) is 7.60. The van der Waals surface area contributed by atoms with Gasteiger partial charge in [0, 0.05) is 5.56 Å². The summed E-state index contributed by atoms with van der Waals surface area (Å²) >= 11 is 5.37. The van der Waals surface area contributed by atoms with Crippen molar-refractivity contribution in [3.05, 3.63) is 35.1 Å². The van der Waals surface area contributed by atoms with Gasteiger partial charge in [-0.05, 0) is 17.7 Å².